The van der Waals surface area contributed by atoms with Crippen LogP contribution in [0.4, 0.5) is 5.69 Å². The number of pyridine rings is 1. The predicted octanol–water partition coefficient (Wildman–Crippen LogP) is 3.12. The van der Waals surface area contributed by atoms with Gasteiger partial charge in [0.05, 0.1) is 36.5 Å². The van der Waals surface area contributed by atoms with Crippen molar-refractivity contribution < 1.29 is 9.53 Å². The molecule has 1 aliphatic rings. The molecule has 3 aromatic heterocycles. The van der Waals surface area contributed by atoms with E-state index in [-0.39, 0.29) is 5.91 Å². The Morgan fingerprint density at radius 1 is 1.26 bits per heavy atom. The SMILES string of the molecule is Cc1ccc(-c2nnn(CCOC3CCC3)n2)cc1NC(=O)c1cnn2ccccc12. The van der Waals surface area contributed by atoms with Crippen molar-refractivity contribution in [2.24, 2.45) is 0 Å². The molecule has 1 aromatic carbocycles. The van der Waals surface area contributed by atoms with Crippen molar-refractivity contribution in [3.05, 3.63) is 59.9 Å². The van der Waals surface area contributed by atoms with Gasteiger partial charge in [-0.15, -0.1) is 10.2 Å². The number of nitrogens with one attached hydrogen (secondary N) is 1. The van der Waals surface area contributed by atoms with Crippen molar-refractivity contribution >= 4 is 17.1 Å². The van der Waals surface area contributed by atoms with E-state index in [1.165, 1.54) is 6.42 Å². The van der Waals surface area contributed by atoms with Gasteiger partial charge in [-0.3, -0.25) is 4.79 Å². The van der Waals surface area contributed by atoms with Gasteiger partial charge in [-0.25, -0.2) is 4.52 Å². The second-order valence-electron chi connectivity index (χ2n) is 7.71. The lowest BCUT2D eigenvalue weighted by atomic mass is 9.96. The number of aryl methyl sites for hydroxylation is 1. The number of rotatable bonds is 7. The number of nitrogens with zero attached hydrogens (tertiary/aromatic N) is 6. The molecule has 3 heterocycles. The molecule has 1 N–H and O–H groups in total. The molecule has 4 aromatic rings. The van der Waals surface area contributed by atoms with Crippen LogP contribution in [0.2, 0.25) is 0 Å². The van der Waals surface area contributed by atoms with E-state index < -0.39 is 0 Å². The Labute approximate surface area is 179 Å². The zero-order valence-corrected chi connectivity index (χ0v) is 17.2. The number of carbonyl (C=O) groups excluding carboxylic acids is 1. The minimum Gasteiger partial charge on any atom is -0.376 e. The van der Waals surface area contributed by atoms with E-state index in [1.54, 1.807) is 15.5 Å². The first-order chi connectivity index (χ1) is 15.2. The van der Waals surface area contributed by atoms with Crippen molar-refractivity contribution in [3.8, 4) is 11.4 Å². The molecular weight excluding hydrogens is 394 g/mol. The van der Waals surface area contributed by atoms with Gasteiger partial charge in [-0.05, 0) is 55.2 Å². The number of hydrogen-bond donors (Lipinski definition) is 1. The van der Waals surface area contributed by atoms with E-state index in [2.05, 4.69) is 25.8 Å². The van der Waals surface area contributed by atoms with Crippen LogP contribution in [0, 0.1) is 6.92 Å². The van der Waals surface area contributed by atoms with Gasteiger partial charge >= 0.3 is 0 Å². The van der Waals surface area contributed by atoms with Crippen LogP contribution in [0.1, 0.15) is 35.2 Å². The van der Waals surface area contributed by atoms with Crippen LogP contribution in [0.3, 0.4) is 0 Å². The first-order valence-electron chi connectivity index (χ1n) is 10.4. The molecule has 0 bridgehead atoms. The molecule has 158 valence electrons. The molecule has 0 saturated heterocycles. The van der Waals surface area contributed by atoms with Crippen molar-refractivity contribution in [3.63, 3.8) is 0 Å². The number of hydrogen-bond acceptors (Lipinski definition) is 6. The van der Waals surface area contributed by atoms with Crippen LogP contribution in [0.15, 0.2) is 48.8 Å². The molecule has 5 rings (SSSR count). The summed E-state index contributed by atoms with van der Waals surface area (Å²) >= 11 is 0. The molecule has 1 aliphatic carbocycles. The first-order valence-corrected chi connectivity index (χ1v) is 10.4. The number of carbonyl (C=O) groups is 1. The minimum absolute atomic E-state index is 0.216. The predicted molar refractivity (Wildman–Crippen MR) is 115 cm³/mol. The molecule has 0 atom stereocenters. The normalized spacial score (nSPS) is 14.0. The molecule has 0 aliphatic heterocycles. The van der Waals surface area contributed by atoms with E-state index in [0.29, 0.717) is 36.3 Å². The maximum Gasteiger partial charge on any atom is 0.259 e. The molecular formula is C22H23N7O2. The number of anilines is 1. The second-order valence-corrected chi connectivity index (χ2v) is 7.71. The molecule has 0 unspecified atom stereocenters. The van der Waals surface area contributed by atoms with E-state index in [4.69, 9.17) is 4.74 Å². The lowest BCUT2D eigenvalue weighted by Gasteiger charge is -2.25. The molecule has 0 spiro atoms. The summed E-state index contributed by atoms with van der Waals surface area (Å²) < 4.78 is 7.43. The van der Waals surface area contributed by atoms with Gasteiger partial charge in [0.2, 0.25) is 5.82 Å². The fraction of sp³-hybridized carbons (Fsp3) is 0.318. The van der Waals surface area contributed by atoms with Crippen molar-refractivity contribution in [2.75, 3.05) is 11.9 Å². The number of tetrazole rings is 1. The number of aromatic nitrogens is 6. The zero-order chi connectivity index (χ0) is 21.2. The summed E-state index contributed by atoms with van der Waals surface area (Å²) in [6, 6.07) is 11.3. The number of ether oxygens (including phenoxy) is 1. The van der Waals surface area contributed by atoms with Crippen molar-refractivity contribution in [2.45, 2.75) is 38.8 Å². The third kappa shape index (κ3) is 4.04. The third-order valence-corrected chi connectivity index (χ3v) is 5.56. The van der Waals surface area contributed by atoms with E-state index in [9.17, 15) is 4.79 Å². The Morgan fingerprint density at radius 2 is 2.16 bits per heavy atom. The fourth-order valence-corrected chi connectivity index (χ4v) is 3.49. The molecule has 31 heavy (non-hydrogen) atoms. The highest BCUT2D eigenvalue weighted by atomic mass is 16.5. The second kappa shape index (κ2) is 8.27. The van der Waals surface area contributed by atoms with Gasteiger partial charge in [0.15, 0.2) is 0 Å². The number of amides is 1. The van der Waals surface area contributed by atoms with E-state index in [0.717, 1.165) is 29.5 Å². The Bertz CT molecular complexity index is 1230. The van der Waals surface area contributed by atoms with Gasteiger partial charge in [-0.2, -0.15) is 9.90 Å². The summed E-state index contributed by atoms with van der Waals surface area (Å²) in [6.07, 6.45) is 7.30. The zero-order valence-electron chi connectivity index (χ0n) is 17.2. The summed E-state index contributed by atoms with van der Waals surface area (Å²) in [4.78, 5) is 14.4. The largest absolute Gasteiger partial charge is 0.376 e. The quantitative estimate of drug-likeness (QED) is 0.496. The number of fused-ring (bicyclic) bond motifs is 1. The molecule has 0 radical (unpaired) electrons. The van der Waals surface area contributed by atoms with Crippen molar-refractivity contribution in [1.29, 1.82) is 0 Å². The molecule has 1 amide bonds. The van der Waals surface area contributed by atoms with E-state index >= 15 is 0 Å². The maximum atomic E-state index is 12.9. The molecule has 9 heteroatoms. The highest BCUT2D eigenvalue weighted by molar-refractivity contribution is 6.09. The van der Waals surface area contributed by atoms with Gasteiger partial charge in [0, 0.05) is 17.4 Å². The van der Waals surface area contributed by atoms with E-state index in [1.807, 2.05) is 49.5 Å². The maximum absolute atomic E-state index is 12.9. The van der Waals surface area contributed by atoms with Crippen LogP contribution in [0.25, 0.3) is 16.9 Å². The highest BCUT2D eigenvalue weighted by Gasteiger charge is 2.18. The van der Waals surface area contributed by atoms with Gasteiger partial charge in [-0.1, -0.05) is 18.2 Å². The Balaban J connectivity index is 1.30. The summed E-state index contributed by atoms with van der Waals surface area (Å²) in [6.45, 7) is 3.08. The van der Waals surface area contributed by atoms with Crippen molar-refractivity contribution in [1.82, 2.24) is 29.8 Å². The minimum atomic E-state index is -0.216. The van der Waals surface area contributed by atoms with Crippen LogP contribution in [-0.4, -0.2) is 48.4 Å². The highest BCUT2D eigenvalue weighted by Crippen LogP contribution is 2.24. The van der Waals surface area contributed by atoms with Gasteiger partial charge in [0.1, 0.15) is 0 Å². The fourth-order valence-electron chi connectivity index (χ4n) is 3.49. The van der Waals surface area contributed by atoms with Gasteiger partial charge < -0.3 is 10.1 Å². The topological polar surface area (TPSA) is 99.2 Å². The average Bonchev–Trinajstić information content (AvgIpc) is 3.38. The Hall–Kier alpha value is -3.59. The Morgan fingerprint density at radius 3 is 3.00 bits per heavy atom. The smallest absolute Gasteiger partial charge is 0.259 e. The van der Waals surface area contributed by atoms with Crippen LogP contribution in [-0.2, 0) is 11.3 Å². The first kappa shape index (κ1) is 19.4. The lowest BCUT2D eigenvalue weighted by molar-refractivity contribution is -0.00371. The average molecular weight is 417 g/mol. The summed E-state index contributed by atoms with van der Waals surface area (Å²) in [7, 11) is 0. The van der Waals surface area contributed by atoms with Crippen LogP contribution in [0.5, 0.6) is 0 Å². The summed E-state index contributed by atoms with van der Waals surface area (Å²) in [5.74, 6) is 0.293. The number of benzene rings is 1. The van der Waals surface area contributed by atoms with Crippen LogP contribution < -0.4 is 5.32 Å². The monoisotopic (exact) mass is 417 g/mol. The summed E-state index contributed by atoms with van der Waals surface area (Å²) in [5, 5.41) is 19.9. The molecule has 1 fully saturated rings. The standard InChI is InChI=1S/C22H23N7O2/c1-15-8-9-16(21-25-27-29(26-21)11-12-31-17-5-4-6-17)13-19(15)24-22(30)18-14-23-28-10-3-2-7-20(18)28/h2-3,7-10,13-14,17H,4-6,11-12H2,1H3,(H,24,30). The summed E-state index contributed by atoms with van der Waals surface area (Å²) in [5.41, 5.74) is 3.69. The lowest BCUT2D eigenvalue weighted by Crippen LogP contribution is -2.23. The Kier molecular flexibility index (Phi) is 5.17. The van der Waals surface area contributed by atoms with Gasteiger partial charge in [0.25, 0.3) is 5.91 Å². The third-order valence-electron chi connectivity index (χ3n) is 5.56. The molecule has 1 saturated carbocycles. The van der Waals surface area contributed by atoms with Crippen LogP contribution >= 0.6 is 0 Å². The molecule has 9 nitrogen and oxygen atoms in total.